The van der Waals surface area contributed by atoms with Crippen molar-refractivity contribution >= 4 is 0 Å². The molecule has 0 aromatic rings. The van der Waals surface area contributed by atoms with Crippen molar-refractivity contribution in [3.8, 4) is 0 Å². The fourth-order valence-corrected chi connectivity index (χ4v) is 3.19. The molecule has 0 radical (unpaired) electrons. The Hall–Kier alpha value is -0.120. The highest BCUT2D eigenvalue weighted by Crippen LogP contribution is 2.28. The predicted octanol–water partition coefficient (Wildman–Crippen LogP) is 2.59. The number of rotatable bonds is 10. The SMILES string of the molecule is CCN(CC)CCCN(CC)CC(O)C1CCCC1. The monoisotopic (exact) mass is 270 g/mol. The molecule has 0 amide bonds. The molecule has 1 atom stereocenters. The van der Waals surface area contributed by atoms with Crippen LogP contribution >= 0.6 is 0 Å². The molecule has 1 fully saturated rings. The van der Waals surface area contributed by atoms with Crippen LogP contribution < -0.4 is 0 Å². The Bertz CT molecular complexity index is 213. The van der Waals surface area contributed by atoms with E-state index in [-0.39, 0.29) is 6.10 Å². The van der Waals surface area contributed by atoms with Gasteiger partial charge in [0.15, 0.2) is 0 Å². The summed E-state index contributed by atoms with van der Waals surface area (Å²) in [6, 6.07) is 0. The first kappa shape index (κ1) is 16.9. The maximum atomic E-state index is 10.3. The van der Waals surface area contributed by atoms with Crippen LogP contribution in [-0.2, 0) is 0 Å². The van der Waals surface area contributed by atoms with E-state index < -0.39 is 0 Å². The minimum absolute atomic E-state index is 0.101. The van der Waals surface area contributed by atoms with E-state index in [1.54, 1.807) is 0 Å². The van der Waals surface area contributed by atoms with Crippen molar-refractivity contribution in [2.45, 2.75) is 59.0 Å². The lowest BCUT2D eigenvalue weighted by Gasteiger charge is -2.27. The molecule has 19 heavy (non-hydrogen) atoms. The van der Waals surface area contributed by atoms with Crippen molar-refractivity contribution in [3.63, 3.8) is 0 Å². The van der Waals surface area contributed by atoms with Crippen molar-refractivity contribution < 1.29 is 5.11 Å². The number of hydrogen-bond acceptors (Lipinski definition) is 3. The number of nitrogens with zero attached hydrogens (tertiary/aromatic N) is 2. The lowest BCUT2D eigenvalue weighted by atomic mass is 10.0. The van der Waals surface area contributed by atoms with Gasteiger partial charge in [-0.3, -0.25) is 0 Å². The molecule has 0 spiro atoms. The summed E-state index contributed by atoms with van der Waals surface area (Å²) in [4.78, 5) is 4.90. The molecule has 1 N–H and O–H groups in total. The van der Waals surface area contributed by atoms with Crippen LogP contribution in [0.2, 0.25) is 0 Å². The fourth-order valence-electron chi connectivity index (χ4n) is 3.19. The first-order valence-electron chi connectivity index (χ1n) is 8.33. The Morgan fingerprint density at radius 3 is 2.00 bits per heavy atom. The number of aliphatic hydroxyl groups is 1. The van der Waals surface area contributed by atoms with Gasteiger partial charge in [0, 0.05) is 6.54 Å². The van der Waals surface area contributed by atoms with Crippen LogP contribution in [0.4, 0.5) is 0 Å². The summed E-state index contributed by atoms with van der Waals surface area (Å²) >= 11 is 0. The number of hydrogen-bond donors (Lipinski definition) is 1. The summed E-state index contributed by atoms with van der Waals surface area (Å²) in [5, 5.41) is 10.3. The predicted molar refractivity (Wildman–Crippen MR) is 82.5 cm³/mol. The summed E-state index contributed by atoms with van der Waals surface area (Å²) in [6.45, 7) is 13.2. The number of likely N-dealkylation sites (N-methyl/N-ethyl adjacent to an activating group) is 1. The third-order valence-electron chi connectivity index (χ3n) is 4.68. The fraction of sp³-hybridized carbons (Fsp3) is 1.00. The first-order chi connectivity index (χ1) is 9.21. The summed E-state index contributed by atoms with van der Waals surface area (Å²) in [5.41, 5.74) is 0. The third kappa shape index (κ3) is 6.24. The van der Waals surface area contributed by atoms with Gasteiger partial charge in [0.25, 0.3) is 0 Å². The smallest absolute Gasteiger partial charge is 0.0695 e. The minimum atomic E-state index is -0.101. The van der Waals surface area contributed by atoms with Gasteiger partial charge in [-0.15, -0.1) is 0 Å². The lowest BCUT2D eigenvalue weighted by molar-refractivity contribution is 0.0660. The molecule has 0 aromatic carbocycles. The van der Waals surface area contributed by atoms with E-state index in [2.05, 4.69) is 30.6 Å². The van der Waals surface area contributed by atoms with Crippen LogP contribution in [0.3, 0.4) is 0 Å². The summed E-state index contributed by atoms with van der Waals surface area (Å²) in [7, 11) is 0. The van der Waals surface area contributed by atoms with E-state index in [0.717, 1.165) is 32.7 Å². The number of aliphatic hydroxyl groups excluding tert-OH is 1. The van der Waals surface area contributed by atoms with Gasteiger partial charge < -0.3 is 14.9 Å². The summed E-state index contributed by atoms with van der Waals surface area (Å²) in [5.74, 6) is 0.567. The van der Waals surface area contributed by atoms with E-state index in [1.807, 2.05) is 0 Å². The highest BCUT2D eigenvalue weighted by atomic mass is 16.3. The zero-order valence-corrected chi connectivity index (χ0v) is 13.3. The van der Waals surface area contributed by atoms with Crippen molar-refractivity contribution in [1.82, 2.24) is 9.80 Å². The van der Waals surface area contributed by atoms with Gasteiger partial charge in [0.2, 0.25) is 0 Å². The molecule has 1 aliphatic carbocycles. The second-order valence-electron chi connectivity index (χ2n) is 5.89. The van der Waals surface area contributed by atoms with E-state index in [9.17, 15) is 5.11 Å². The Morgan fingerprint density at radius 1 is 0.947 bits per heavy atom. The molecule has 0 heterocycles. The molecule has 3 heteroatoms. The molecular formula is C16H34N2O. The molecule has 1 saturated carbocycles. The molecular weight excluding hydrogens is 236 g/mol. The van der Waals surface area contributed by atoms with Crippen molar-refractivity contribution in [2.24, 2.45) is 5.92 Å². The molecule has 114 valence electrons. The van der Waals surface area contributed by atoms with Crippen molar-refractivity contribution in [2.75, 3.05) is 39.3 Å². The summed E-state index contributed by atoms with van der Waals surface area (Å²) in [6.07, 6.45) is 6.21. The minimum Gasteiger partial charge on any atom is -0.392 e. The Labute approximate surface area is 120 Å². The van der Waals surface area contributed by atoms with E-state index in [4.69, 9.17) is 0 Å². The van der Waals surface area contributed by atoms with Crippen molar-refractivity contribution in [3.05, 3.63) is 0 Å². The molecule has 3 nitrogen and oxygen atoms in total. The highest BCUT2D eigenvalue weighted by Gasteiger charge is 2.24. The molecule has 1 rings (SSSR count). The van der Waals surface area contributed by atoms with Crippen LogP contribution in [0.25, 0.3) is 0 Å². The van der Waals surface area contributed by atoms with E-state index in [0.29, 0.717) is 5.92 Å². The normalized spacial score (nSPS) is 18.6. The molecule has 0 aromatic heterocycles. The topological polar surface area (TPSA) is 26.7 Å². The molecule has 0 saturated heterocycles. The van der Waals surface area contributed by atoms with Crippen LogP contribution in [-0.4, -0.2) is 60.3 Å². The van der Waals surface area contributed by atoms with Gasteiger partial charge in [-0.05, 0) is 57.9 Å². The van der Waals surface area contributed by atoms with Gasteiger partial charge in [0.1, 0.15) is 0 Å². The lowest BCUT2D eigenvalue weighted by Crippen LogP contribution is -2.37. The zero-order chi connectivity index (χ0) is 14.1. The zero-order valence-electron chi connectivity index (χ0n) is 13.3. The average Bonchev–Trinajstić information content (AvgIpc) is 2.96. The van der Waals surface area contributed by atoms with Gasteiger partial charge in [-0.1, -0.05) is 33.6 Å². The average molecular weight is 270 g/mol. The van der Waals surface area contributed by atoms with Gasteiger partial charge in [-0.25, -0.2) is 0 Å². The maximum Gasteiger partial charge on any atom is 0.0695 e. The van der Waals surface area contributed by atoms with Gasteiger partial charge in [0.05, 0.1) is 6.10 Å². The quantitative estimate of drug-likeness (QED) is 0.661. The second kappa shape index (κ2) is 9.73. The Kier molecular flexibility index (Phi) is 8.67. The first-order valence-corrected chi connectivity index (χ1v) is 8.33. The molecule has 1 aliphatic rings. The standard InChI is InChI=1S/C16H34N2O/c1-4-17(5-2)12-9-13-18(6-3)14-16(19)15-10-7-8-11-15/h15-16,19H,4-14H2,1-3H3. The van der Waals surface area contributed by atoms with Gasteiger partial charge in [-0.2, -0.15) is 0 Å². The Balaban J connectivity index is 2.20. The van der Waals surface area contributed by atoms with Crippen LogP contribution in [0.1, 0.15) is 52.9 Å². The molecule has 0 aliphatic heterocycles. The van der Waals surface area contributed by atoms with E-state index in [1.165, 1.54) is 38.6 Å². The highest BCUT2D eigenvalue weighted by molar-refractivity contribution is 4.77. The Morgan fingerprint density at radius 2 is 1.47 bits per heavy atom. The van der Waals surface area contributed by atoms with Crippen LogP contribution in [0.15, 0.2) is 0 Å². The van der Waals surface area contributed by atoms with Crippen LogP contribution in [0, 0.1) is 5.92 Å². The van der Waals surface area contributed by atoms with Gasteiger partial charge >= 0.3 is 0 Å². The van der Waals surface area contributed by atoms with Crippen molar-refractivity contribution in [1.29, 1.82) is 0 Å². The third-order valence-corrected chi connectivity index (χ3v) is 4.68. The van der Waals surface area contributed by atoms with E-state index >= 15 is 0 Å². The summed E-state index contributed by atoms with van der Waals surface area (Å²) < 4.78 is 0. The largest absolute Gasteiger partial charge is 0.392 e. The molecule has 1 unspecified atom stereocenters. The second-order valence-corrected chi connectivity index (χ2v) is 5.89. The maximum absolute atomic E-state index is 10.3. The van der Waals surface area contributed by atoms with Crippen LogP contribution in [0.5, 0.6) is 0 Å². The molecule has 0 bridgehead atoms.